The van der Waals surface area contributed by atoms with Crippen LogP contribution in [0.25, 0.3) is 0 Å². The lowest BCUT2D eigenvalue weighted by Crippen LogP contribution is -2.38. The Balaban J connectivity index is 1.79. The highest BCUT2D eigenvalue weighted by atomic mass is 35.5. The van der Waals surface area contributed by atoms with Crippen LogP contribution in [-0.2, 0) is 9.59 Å². The van der Waals surface area contributed by atoms with Crippen LogP contribution in [-0.4, -0.2) is 36.4 Å². The summed E-state index contributed by atoms with van der Waals surface area (Å²) >= 11 is 12.1. The second kappa shape index (κ2) is 10.8. The smallest absolute Gasteiger partial charge is 0.244 e. The monoisotopic (exact) mass is 408 g/mol. The molecule has 0 saturated heterocycles. The van der Waals surface area contributed by atoms with E-state index in [4.69, 9.17) is 27.9 Å². The van der Waals surface area contributed by atoms with Gasteiger partial charge in [-0.2, -0.15) is 0 Å². The molecule has 2 amide bonds. The first-order valence-electron chi connectivity index (χ1n) is 8.70. The van der Waals surface area contributed by atoms with Crippen LogP contribution in [0.2, 0.25) is 10.0 Å². The minimum Gasteiger partial charge on any atom is -0.494 e. The molecule has 0 fully saturated rings. The molecule has 0 saturated carbocycles. The topological polar surface area (TPSA) is 58.6 Å². The predicted octanol–water partition coefficient (Wildman–Crippen LogP) is 4.64. The summed E-state index contributed by atoms with van der Waals surface area (Å²) < 4.78 is 5.58. The van der Waals surface area contributed by atoms with E-state index in [2.05, 4.69) is 5.32 Å². The first-order valence-corrected chi connectivity index (χ1v) is 9.46. The first kappa shape index (κ1) is 21.1. The number of likely N-dealkylation sites (N-methyl/N-ethyl adjacent to an activating group) is 1. The van der Waals surface area contributed by atoms with Crippen molar-refractivity contribution in [2.45, 2.75) is 19.8 Å². The number of carbonyl (C=O) groups is 2. The van der Waals surface area contributed by atoms with Gasteiger partial charge in [-0.25, -0.2) is 0 Å². The van der Waals surface area contributed by atoms with Crippen molar-refractivity contribution < 1.29 is 14.3 Å². The molecule has 0 heterocycles. The van der Waals surface area contributed by atoms with Gasteiger partial charge < -0.3 is 15.0 Å². The highest BCUT2D eigenvalue weighted by molar-refractivity contribution is 6.39. The summed E-state index contributed by atoms with van der Waals surface area (Å²) in [5.41, 5.74) is 0.352. The summed E-state index contributed by atoms with van der Waals surface area (Å²) in [5.74, 6) is 0.323. The normalized spacial score (nSPS) is 10.3. The van der Waals surface area contributed by atoms with Crippen LogP contribution in [0.1, 0.15) is 19.8 Å². The number of para-hydroxylation sites is 2. The van der Waals surface area contributed by atoms with Gasteiger partial charge in [0.25, 0.3) is 0 Å². The molecule has 27 heavy (non-hydrogen) atoms. The van der Waals surface area contributed by atoms with E-state index in [9.17, 15) is 9.59 Å². The Morgan fingerprint density at radius 2 is 1.70 bits per heavy atom. The first-order chi connectivity index (χ1) is 13.0. The van der Waals surface area contributed by atoms with Crippen LogP contribution in [0, 0.1) is 0 Å². The van der Waals surface area contributed by atoms with Crippen molar-refractivity contribution in [3.63, 3.8) is 0 Å². The Kier molecular flexibility index (Phi) is 8.43. The number of benzene rings is 2. The molecule has 0 aromatic heterocycles. The van der Waals surface area contributed by atoms with Crippen molar-refractivity contribution in [2.75, 3.05) is 25.0 Å². The Morgan fingerprint density at radius 3 is 2.33 bits per heavy atom. The zero-order chi connectivity index (χ0) is 19.6. The fourth-order valence-corrected chi connectivity index (χ4v) is 2.93. The molecule has 0 aliphatic rings. The summed E-state index contributed by atoms with van der Waals surface area (Å²) in [6, 6.07) is 14.4. The summed E-state index contributed by atoms with van der Waals surface area (Å²) in [5, 5.41) is 3.37. The molecule has 2 aromatic carbocycles. The molecular weight excluding hydrogens is 387 g/mol. The number of amides is 2. The predicted molar refractivity (Wildman–Crippen MR) is 109 cm³/mol. The average Bonchev–Trinajstić information content (AvgIpc) is 2.67. The fraction of sp³-hybridized carbons (Fsp3) is 0.300. The number of anilines is 1. The second-order valence-corrected chi connectivity index (χ2v) is 6.63. The zero-order valence-corrected chi connectivity index (χ0v) is 16.6. The number of hydrogen-bond acceptors (Lipinski definition) is 3. The van der Waals surface area contributed by atoms with Crippen molar-refractivity contribution >= 4 is 40.7 Å². The van der Waals surface area contributed by atoms with Crippen LogP contribution in [0.15, 0.2) is 48.5 Å². The molecule has 0 atom stereocenters. The van der Waals surface area contributed by atoms with E-state index in [0.717, 1.165) is 5.75 Å². The lowest BCUT2D eigenvalue weighted by atomic mass is 10.2. The Labute approximate surface area is 169 Å². The maximum absolute atomic E-state index is 12.3. The van der Waals surface area contributed by atoms with Gasteiger partial charge in [0.15, 0.2) is 0 Å². The average molecular weight is 409 g/mol. The van der Waals surface area contributed by atoms with E-state index in [1.165, 1.54) is 4.90 Å². The highest BCUT2D eigenvalue weighted by Crippen LogP contribution is 2.29. The van der Waals surface area contributed by atoms with E-state index in [1.807, 2.05) is 37.3 Å². The Bertz CT molecular complexity index is 749. The Morgan fingerprint density at radius 1 is 1.04 bits per heavy atom. The number of halogens is 2. The quantitative estimate of drug-likeness (QED) is 0.614. The van der Waals surface area contributed by atoms with Crippen molar-refractivity contribution in [3.05, 3.63) is 58.6 Å². The second-order valence-electron chi connectivity index (χ2n) is 5.82. The van der Waals surface area contributed by atoms with Gasteiger partial charge in [-0.15, -0.1) is 0 Å². The third-order valence-electron chi connectivity index (χ3n) is 3.84. The van der Waals surface area contributed by atoms with Gasteiger partial charge in [-0.3, -0.25) is 9.59 Å². The summed E-state index contributed by atoms with van der Waals surface area (Å²) in [4.78, 5) is 26.1. The van der Waals surface area contributed by atoms with Crippen LogP contribution < -0.4 is 10.1 Å². The largest absolute Gasteiger partial charge is 0.494 e. The third-order valence-corrected chi connectivity index (χ3v) is 4.47. The minimum atomic E-state index is -0.347. The van der Waals surface area contributed by atoms with E-state index >= 15 is 0 Å². The molecule has 1 N–H and O–H groups in total. The van der Waals surface area contributed by atoms with E-state index < -0.39 is 0 Å². The van der Waals surface area contributed by atoms with E-state index in [0.29, 0.717) is 41.7 Å². The van der Waals surface area contributed by atoms with Gasteiger partial charge in [-0.1, -0.05) is 47.5 Å². The number of hydrogen-bond donors (Lipinski definition) is 1. The molecule has 2 aromatic rings. The molecule has 144 valence electrons. The van der Waals surface area contributed by atoms with Crippen molar-refractivity contribution in [3.8, 4) is 5.75 Å². The van der Waals surface area contributed by atoms with Gasteiger partial charge >= 0.3 is 0 Å². The van der Waals surface area contributed by atoms with Crippen LogP contribution in [0.5, 0.6) is 5.75 Å². The molecule has 7 heteroatoms. The van der Waals surface area contributed by atoms with Crippen LogP contribution in [0.4, 0.5) is 5.69 Å². The van der Waals surface area contributed by atoms with Crippen LogP contribution in [0.3, 0.4) is 0 Å². The Hall–Kier alpha value is -2.24. The molecule has 0 bridgehead atoms. The molecule has 0 aliphatic carbocycles. The van der Waals surface area contributed by atoms with Crippen LogP contribution >= 0.6 is 23.2 Å². The summed E-state index contributed by atoms with van der Waals surface area (Å²) in [6.45, 7) is 2.64. The minimum absolute atomic E-state index is 0.0591. The number of nitrogens with zero attached hydrogens (tertiary/aromatic N) is 1. The lowest BCUT2D eigenvalue weighted by molar-refractivity contribution is -0.134. The maximum atomic E-state index is 12.3. The zero-order valence-electron chi connectivity index (χ0n) is 15.1. The molecule has 0 spiro atoms. The SMILES string of the molecule is CCN(CC(=O)Nc1c(Cl)cccc1Cl)C(=O)CCCOc1ccccc1. The van der Waals surface area contributed by atoms with Gasteiger partial charge in [0.2, 0.25) is 11.8 Å². The third kappa shape index (κ3) is 6.77. The number of nitrogens with one attached hydrogen (secondary N) is 1. The number of ether oxygens (including phenoxy) is 1. The van der Waals surface area contributed by atoms with Gasteiger partial charge in [0, 0.05) is 13.0 Å². The molecule has 0 radical (unpaired) electrons. The van der Waals surface area contributed by atoms with Gasteiger partial charge in [-0.05, 0) is 37.6 Å². The molecule has 0 aliphatic heterocycles. The van der Waals surface area contributed by atoms with Gasteiger partial charge in [0.1, 0.15) is 5.75 Å². The maximum Gasteiger partial charge on any atom is 0.244 e. The standard InChI is InChI=1S/C20H22Cl2N2O3/c1-2-24(14-18(25)23-20-16(21)10-6-11-17(20)22)19(26)12-7-13-27-15-8-4-3-5-9-15/h3-6,8-11H,2,7,12-14H2,1H3,(H,23,25). The fourth-order valence-electron chi connectivity index (χ4n) is 2.43. The van der Waals surface area contributed by atoms with E-state index in [-0.39, 0.29) is 18.4 Å². The van der Waals surface area contributed by atoms with Gasteiger partial charge in [0.05, 0.1) is 28.9 Å². The summed E-state index contributed by atoms with van der Waals surface area (Å²) in [7, 11) is 0. The molecule has 0 unspecified atom stereocenters. The lowest BCUT2D eigenvalue weighted by Gasteiger charge is -2.21. The summed E-state index contributed by atoms with van der Waals surface area (Å²) in [6.07, 6.45) is 0.878. The van der Waals surface area contributed by atoms with Crippen molar-refractivity contribution in [2.24, 2.45) is 0 Å². The highest BCUT2D eigenvalue weighted by Gasteiger charge is 2.17. The number of rotatable bonds is 9. The number of carbonyl (C=O) groups excluding carboxylic acids is 2. The van der Waals surface area contributed by atoms with E-state index in [1.54, 1.807) is 18.2 Å². The molecule has 5 nitrogen and oxygen atoms in total. The van der Waals surface area contributed by atoms with Crippen molar-refractivity contribution in [1.82, 2.24) is 4.90 Å². The molecular formula is C20H22Cl2N2O3. The molecule has 2 rings (SSSR count). The van der Waals surface area contributed by atoms with Crippen molar-refractivity contribution in [1.29, 1.82) is 0 Å².